The summed E-state index contributed by atoms with van der Waals surface area (Å²) in [6.07, 6.45) is 0. The van der Waals surface area contributed by atoms with Gasteiger partial charge in [0.25, 0.3) is 0 Å². The van der Waals surface area contributed by atoms with Gasteiger partial charge in [0.2, 0.25) is 5.89 Å². The molecule has 0 aliphatic carbocycles. The van der Waals surface area contributed by atoms with E-state index in [1.165, 1.54) is 0 Å². The largest absolute Gasteiger partial charge is 0.457 e. The zero-order valence-corrected chi connectivity index (χ0v) is 17.4. The van der Waals surface area contributed by atoms with Gasteiger partial charge in [-0.2, -0.15) is 0 Å². The molecule has 2 aromatic carbocycles. The van der Waals surface area contributed by atoms with Crippen LogP contribution in [0.1, 0.15) is 38.8 Å². The molecule has 0 amide bonds. The average Bonchev–Trinajstić information content (AvgIpc) is 3.10. The van der Waals surface area contributed by atoms with Crippen molar-refractivity contribution in [2.75, 3.05) is 7.05 Å². The van der Waals surface area contributed by atoms with Gasteiger partial charge in [-0.15, -0.1) is 0 Å². The number of carbonyl (C=O) groups excluding carboxylic acids is 1. The number of benzene rings is 2. The molecular formula is C23H26N4O3. The van der Waals surface area contributed by atoms with Crippen molar-refractivity contribution in [1.29, 1.82) is 0 Å². The van der Waals surface area contributed by atoms with Crippen molar-refractivity contribution < 1.29 is 13.9 Å². The van der Waals surface area contributed by atoms with Crippen LogP contribution < -0.4 is 10.6 Å². The number of nitrogens with one attached hydrogen (secondary N) is 2. The molecule has 0 spiro atoms. The lowest BCUT2D eigenvalue weighted by molar-refractivity contribution is 0.0472. The highest BCUT2D eigenvalue weighted by molar-refractivity contribution is 5.89. The Kier molecular flexibility index (Phi) is 7.21. The van der Waals surface area contributed by atoms with E-state index in [0.717, 1.165) is 22.6 Å². The van der Waals surface area contributed by atoms with Crippen molar-refractivity contribution >= 4 is 11.9 Å². The molecular weight excluding hydrogens is 380 g/mol. The molecule has 2 N–H and O–H groups in total. The second-order valence-electron chi connectivity index (χ2n) is 6.79. The van der Waals surface area contributed by atoms with E-state index in [1.54, 1.807) is 13.1 Å². The Bertz CT molecular complexity index is 993. The van der Waals surface area contributed by atoms with Crippen molar-refractivity contribution in [2.45, 2.75) is 33.5 Å². The molecule has 0 radical (unpaired) electrons. The Morgan fingerprint density at radius 2 is 1.77 bits per heavy atom. The molecule has 7 nitrogen and oxygen atoms in total. The maximum atomic E-state index is 12.4. The first-order valence-electron chi connectivity index (χ1n) is 9.72. The number of ether oxygens (including phenoxy) is 1. The molecule has 30 heavy (non-hydrogen) atoms. The van der Waals surface area contributed by atoms with Crippen molar-refractivity contribution in [3.05, 3.63) is 88.6 Å². The maximum Gasteiger partial charge on any atom is 0.338 e. The van der Waals surface area contributed by atoms with E-state index in [4.69, 9.17) is 9.15 Å². The summed E-state index contributed by atoms with van der Waals surface area (Å²) in [5.41, 5.74) is 3.29. The highest BCUT2D eigenvalue weighted by Crippen LogP contribution is 2.10. The SMILES string of the molecule is CN=C(NCc1cccc(C(=O)OCc2ccccc2)c1)NCc1nc(C)c(C)o1. The minimum atomic E-state index is -0.349. The van der Waals surface area contributed by atoms with Crippen LogP contribution in [-0.2, 0) is 24.4 Å². The molecule has 3 rings (SSSR count). The standard InChI is InChI=1S/C23H26N4O3/c1-16-17(2)30-21(27-16)14-26-23(24-3)25-13-19-10-7-11-20(12-19)22(28)29-15-18-8-5-4-6-9-18/h4-12H,13-15H2,1-3H3,(H2,24,25,26). The smallest absolute Gasteiger partial charge is 0.338 e. The van der Waals surface area contributed by atoms with Gasteiger partial charge in [0.15, 0.2) is 5.96 Å². The first-order valence-corrected chi connectivity index (χ1v) is 9.72. The van der Waals surface area contributed by atoms with Crippen molar-refractivity contribution in [2.24, 2.45) is 4.99 Å². The minimum Gasteiger partial charge on any atom is -0.457 e. The van der Waals surface area contributed by atoms with Crippen LogP contribution in [0.3, 0.4) is 0 Å². The van der Waals surface area contributed by atoms with E-state index in [1.807, 2.05) is 62.4 Å². The van der Waals surface area contributed by atoms with E-state index >= 15 is 0 Å². The number of oxazole rings is 1. The Hall–Kier alpha value is -3.61. The number of aryl methyl sites for hydroxylation is 2. The topological polar surface area (TPSA) is 88.8 Å². The summed E-state index contributed by atoms with van der Waals surface area (Å²) in [5.74, 6) is 1.68. The van der Waals surface area contributed by atoms with Gasteiger partial charge < -0.3 is 19.8 Å². The molecule has 1 aromatic heterocycles. The zero-order valence-electron chi connectivity index (χ0n) is 17.4. The second-order valence-corrected chi connectivity index (χ2v) is 6.79. The quantitative estimate of drug-likeness (QED) is 0.355. The third kappa shape index (κ3) is 5.94. The molecule has 1 heterocycles. The van der Waals surface area contributed by atoms with E-state index in [0.29, 0.717) is 30.5 Å². The number of hydrogen-bond donors (Lipinski definition) is 2. The molecule has 0 aliphatic rings. The van der Waals surface area contributed by atoms with Gasteiger partial charge in [0, 0.05) is 13.6 Å². The summed E-state index contributed by atoms with van der Waals surface area (Å²) in [6, 6.07) is 16.9. The summed E-state index contributed by atoms with van der Waals surface area (Å²) in [7, 11) is 1.69. The van der Waals surface area contributed by atoms with E-state index in [2.05, 4.69) is 20.6 Å². The summed E-state index contributed by atoms with van der Waals surface area (Å²) in [6.45, 7) is 4.98. The van der Waals surface area contributed by atoms with Gasteiger partial charge in [-0.05, 0) is 37.1 Å². The molecule has 0 bridgehead atoms. The molecule has 7 heteroatoms. The van der Waals surface area contributed by atoms with Gasteiger partial charge in [0.1, 0.15) is 12.4 Å². The zero-order chi connectivity index (χ0) is 21.3. The van der Waals surface area contributed by atoms with Crippen LogP contribution in [0.5, 0.6) is 0 Å². The Balaban J connectivity index is 1.51. The molecule has 0 aliphatic heterocycles. The van der Waals surface area contributed by atoms with Gasteiger partial charge in [-0.25, -0.2) is 9.78 Å². The molecule has 0 unspecified atom stereocenters. The number of aliphatic imine (C=N–C) groups is 1. The minimum absolute atomic E-state index is 0.248. The van der Waals surface area contributed by atoms with Crippen molar-refractivity contribution in [3.8, 4) is 0 Å². The maximum absolute atomic E-state index is 12.4. The molecule has 0 saturated carbocycles. The number of guanidine groups is 1. The Labute approximate surface area is 176 Å². The third-order valence-electron chi connectivity index (χ3n) is 4.54. The highest BCUT2D eigenvalue weighted by atomic mass is 16.5. The number of hydrogen-bond acceptors (Lipinski definition) is 5. The summed E-state index contributed by atoms with van der Waals surface area (Å²) in [5, 5.41) is 6.38. The molecule has 156 valence electrons. The van der Waals surface area contributed by atoms with Gasteiger partial charge >= 0.3 is 5.97 Å². The average molecular weight is 406 g/mol. The van der Waals surface area contributed by atoms with Crippen molar-refractivity contribution in [3.63, 3.8) is 0 Å². The second kappa shape index (κ2) is 10.2. The van der Waals surface area contributed by atoms with Crippen LogP contribution in [0.25, 0.3) is 0 Å². The molecule has 0 atom stereocenters. The number of nitrogens with zero attached hydrogens (tertiary/aromatic N) is 2. The van der Waals surface area contributed by atoms with Gasteiger partial charge in [-0.3, -0.25) is 4.99 Å². The first kappa shape index (κ1) is 21.1. The van der Waals surface area contributed by atoms with Crippen LogP contribution in [0.2, 0.25) is 0 Å². The lowest BCUT2D eigenvalue weighted by Gasteiger charge is -2.11. The summed E-state index contributed by atoms with van der Waals surface area (Å²) >= 11 is 0. The summed E-state index contributed by atoms with van der Waals surface area (Å²) < 4.78 is 11.0. The fourth-order valence-electron chi connectivity index (χ4n) is 2.80. The Morgan fingerprint density at radius 3 is 2.47 bits per heavy atom. The number of rotatable bonds is 7. The lowest BCUT2D eigenvalue weighted by Crippen LogP contribution is -2.36. The fraction of sp³-hybridized carbons (Fsp3) is 0.261. The van der Waals surface area contributed by atoms with Crippen molar-refractivity contribution in [1.82, 2.24) is 15.6 Å². The first-order chi connectivity index (χ1) is 14.5. The molecule has 3 aromatic rings. The van der Waals surface area contributed by atoms with Crippen LogP contribution in [-0.4, -0.2) is 24.0 Å². The number of aromatic nitrogens is 1. The third-order valence-corrected chi connectivity index (χ3v) is 4.54. The lowest BCUT2D eigenvalue weighted by atomic mass is 10.1. The normalized spacial score (nSPS) is 11.2. The van der Waals surface area contributed by atoms with Gasteiger partial charge in [0.05, 0.1) is 17.8 Å². The van der Waals surface area contributed by atoms with E-state index < -0.39 is 0 Å². The van der Waals surface area contributed by atoms with Crippen LogP contribution >= 0.6 is 0 Å². The van der Waals surface area contributed by atoms with Crippen LogP contribution in [0.4, 0.5) is 0 Å². The summed E-state index contributed by atoms with van der Waals surface area (Å²) in [4.78, 5) is 20.9. The van der Waals surface area contributed by atoms with E-state index in [9.17, 15) is 4.79 Å². The van der Waals surface area contributed by atoms with Crippen LogP contribution in [0.15, 0.2) is 64.0 Å². The fourth-order valence-corrected chi connectivity index (χ4v) is 2.80. The highest BCUT2D eigenvalue weighted by Gasteiger charge is 2.09. The predicted molar refractivity (Wildman–Crippen MR) is 115 cm³/mol. The molecule has 0 fully saturated rings. The number of carbonyl (C=O) groups is 1. The van der Waals surface area contributed by atoms with Crippen LogP contribution in [0, 0.1) is 13.8 Å². The van der Waals surface area contributed by atoms with E-state index in [-0.39, 0.29) is 12.6 Å². The molecule has 0 saturated heterocycles. The Morgan fingerprint density at radius 1 is 1.03 bits per heavy atom. The van der Waals surface area contributed by atoms with Gasteiger partial charge in [-0.1, -0.05) is 42.5 Å². The number of esters is 1. The predicted octanol–water partition coefficient (Wildman–Crippen LogP) is 3.51. The monoisotopic (exact) mass is 406 g/mol.